The molecule has 0 aliphatic heterocycles. The summed E-state index contributed by atoms with van der Waals surface area (Å²) in [5.74, 6) is 0.864. The van der Waals surface area contributed by atoms with E-state index in [1.165, 1.54) is 31.2 Å². The van der Waals surface area contributed by atoms with Crippen LogP contribution in [0, 0.1) is 12.8 Å². The topological polar surface area (TPSA) is 41.1 Å². The number of carbonyl (C=O) groups is 1. The molecule has 110 valence electrons. The first kappa shape index (κ1) is 14.9. The molecule has 1 aliphatic carbocycles. The van der Waals surface area contributed by atoms with E-state index in [4.69, 9.17) is 0 Å². The van der Waals surface area contributed by atoms with Gasteiger partial charge in [0.2, 0.25) is 0 Å². The zero-order valence-electron chi connectivity index (χ0n) is 12.8. The summed E-state index contributed by atoms with van der Waals surface area (Å²) in [4.78, 5) is 11.9. The standard InChI is InChI=1S/C17H26N2O/c1-4-18-17(20)14-8-7-13(3)16(11-14)19-15-9-5-12(2)6-10-15/h7-8,11-12,15,19H,4-6,9-10H2,1-3H3,(H,18,20). The lowest BCUT2D eigenvalue weighted by atomic mass is 9.87. The molecule has 0 radical (unpaired) electrons. The molecule has 1 aromatic carbocycles. The second-order valence-electron chi connectivity index (χ2n) is 5.99. The van der Waals surface area contributed by atoms with Crippen molar-refractivity contribution in [3.63, 3.8) is 0 Å². The SMILES string of the molecule is CCNC(=O)c1ccc(C)c(NC2CCC(C)CC2)c1. The van der Waals surface area contributed by atoms with Crippen LogP contribution in [0.4, 0.5) is 5.69 Å². The van der Waals surface area contributed by atoms with Gasteiger partial charge in [-0.2, -0.15) is 0 Å². The number of rotatable bonds is 4. The van der Waals surface area contributed by atoms with E-state index in [1.54, 1.807) is 0 Å². The Kier molecular flexibility index (Phi) is 5.05. The summed E-state index contributed by atoms with van der Waals surface area (Å²) in [6.45, 7) is 7.02. The van der Waals surface area contributed by atoms with E-state index < -0.39 is 0 Å². The fraction of sp³-hybridized carbons (Fsp3) is 0.588. The van der Waals surface area contributed by atoms with E-state index in [1.807, 2.05) is 25.1 Å². The summed E-state index contributed by atoms with van der Waals surface area (Å²) >= 11 is 0. The third-order valence-corrected chi connectivity index (χ3v) is 4.21. The molecule has 2 N–H and O–H groups in total. The Morgan fingerprint density at radius 2 is 1.95 bits per heavy atom. The van der Waals surface area contributed by atoms with Crippen molar-refractivity contribution in [3.8, 4) is 0 Å². The van der Waals surface area contributed by atoms with Crippen LogP contribution < -0.4 is 10.6 Å². The van der Waals surface area contributed by atoms with Crippen LogP contribution in [0.5, 0.6) is 0 Å². The Labute approximate surface area is 122 Å². The maximum atomic E-state index is 11.9. The molecule has 0 unspecified atom stereocenters. The predicted molar refractivity (Wildman–Crippen MR) is 84.2 cm³/mol. The van der Waals surface area contributed by atoms with Gasteiger partial charge in [-0.25, -0.2) is 0 Å². The van der Waals surface area contributed by atoms with Gasteiger partial charge in [0.05, 0.1) is 0 Å². The van der Waals surface area contributed by atoms with Crippen molar-refractivity contribution in [2.75, 3.05) is 11.9 Å². The Morgan fingerprint density at radius 1 is 1.25 bits per heavy atom. The molecule has 0 saturated heterocycles. The van der Waals surface area contributed by atoms with Gasteiger partial charge in [0.25, 0.3) is 5.91 Å². The lowest BCUT2D eigenvalue weighted by Gasteiger charge is -2.28. The number of aryl methyl sites for hydroxylation is 1. The van der Waals surface area contributed by atoms with Gasteiger partial charge in [-0.1, -0.05) is 13.0 Å². The number of hydrogen-bond acceptors (Lipinski definition) is 2. The molecule has 2 rings (SSSR count). The van der Waals surface area contributed by atoms with Crippen molar-refractivity contribution in [3.05, 3.63) is 29.3 Å². The van der Waals surface area contributed by atoms with E-state index in [2.05, 4.69) is 24.5 Å². The van der Waals surface area contributed by atoms with E-state index in [9.17, 15) is 4.79 Å². The molecule has 1 fully saturated rings. The molecule has 1 saturated carbocycles. The third-order valence-electron chi connectivity index (χ3n) is 4.21. The molecular formula is C17H26N2O. The summed E-state index contributed by atoms with van der Waals surface area (Å²) in [6, 6.07) is 6.46. The average Bonchev–Trinajstić information content (AvgIpc) is 2.44. The van der Waals surface area contributed by atoms with Crippen molar-refractivity contribution in [1.29, 1.82) is 0 Å². The van der Waals surface area contributed by atoms with Gasteiger partial charge in [-0.05, 0) is 63.1 Å². The first-order valence-electron chi connectivity index (χ1n) is 7.75. The van der Waals surface area contributed by atoms with Crippen molar-refractivity contribution < 1.29 is 4.79 Å². The molecule has 3 nitrogen and oxygen atoms in total. The van der Waals surface area contributed by atoms with Gasteiger partial charge in [-0.15, -0.1) is 0 Å². The fourth-order valence-corrected chi connectivity index (χ4v) is 2.81. The Hall–Kier alpha value is -1.51. The van der Waals surface area contributed by atoms with Crippen LogP contribution >= 0.6 is 0 Å². The lowest BCUT2D eigenvalue weighted by Crippen LogP contribution is -2.26. The highest BCUT2D eigenvalue weighted by atomic mass is 16.1. The number of carbonyl (C=O) groups excluding carboxylic acids is 1. The van der Waals surface area contributed by atoms with Gasteiger partial charge in [0, 0.05) is 23.8 Å². The van der Waals surface area contributed by atoms with Gasteiger partial charge < -0.3 is 10.6 Å². The number of benzene rings is 1. The second-order valence-corrected chi connectivity index (χ2v) is 5.99. The highest BCUT2D eigenvalue weighted by Crippen LogP contribution is 2.27. The summed E-state index contributed by atoms with van der Waals surface area (Å²) in [5.41, 5.74) is 3.05. The van der Waals surface area contributed by atoms with Gasteiger partial charge >= 0.3 is 0 Å². The van der Waals surface area contributed by atoms with E-state index in [0.717, 1.165) is 17.2 Å². The maximum Gasteiger partial charge on any atom is 0.251 e. The number of hydrogen-bond donors (Lipinski definition) is 2. The van der Waals surface area contributed by atoms with Crippen LogP contribution in [0.1, 0.15) is 55.5 Å². The first-order valence-corrected chi connectivity index (χ1v) is 7.75. The van der Waals surface area contributed by atoms with Crippen LogP contribution in [0.25, 0.3) is 0 Å². The molecule has 3 heteroatoms. The highest BCUT2D eigenvalue weighted by molar-refractivity contribution is 5.95. The molecule has 1 aromatic rings. The maximum absolute atomic E-state index is 11.9. The highest BCUT2D eigenvalue weighted by Gasteiger charge is 2.18. The predicted octanol–water partition coefficient (Wildman–Crippen LogP) is 3.74. The molecule has 0 spiro atoms. The van der Waals surface area contributed by atoms with Crippen LogP contribution in [0.15, 0.2) is 18.2 Å². The molecule has 0 aromatic heterocycles. The second kappa shape index (κ2) is 6.78. The third kappa shape index (κ3) is 3.75. The molecule has 0 atom stereocenters. The summed E-state index contributed by atoms with van der Waals surface area (Å²) in [7, 11) is 0. The number of anilines is 1. The largest absolute Gasteiger partial charge is 0.382 e. The van der Waals surface area contributed by atoms with Crippen molar-refractivity contribution in [1.82, 2.24) is 5.32 Å². The van der Waals surface area contributed by atoms with Crippen molar-refractivity contribution in [2.24, 2.45) is 5.92 Å². The molecule has 0 heterocycles. The number of nitrogens with one attached hydrogen (secondary N) is 2. The minimum atomic E-state index is 0.00724. The molecular weight excluding hydrogens is 248 g/mol. The van der Waals surface area contributed by atoms with Crippen molar-refractivity contribution >= 4 is 11.6 Å². The van der Waals surface area contributed by atoms with Crippen LogP contribution in [-0.2, 0) is 0 Å². The van der Waals surface area contributed by atoms with Crippen LogP contribution in [0.3, 0.4) is 0 Å². The fourth-order valence-electron chi connectivity index (χ4n) is 2.81. The zero-order valence-corrected chi connectivity index (χ0v) is 12.8. The van der Waals surface area contributed by atoms with Gasteiger partial charge in [0.15, 0.2) is 0 Å². The zero-order chi connectivity index (χ0) is 14.5. The average molecular weight is 274 g/mol. The lowest BCUT2D eigenvalue weighted by molar-refractivity contribution is 0.0956. The Morgan fingerprint density at radius 3 is 2.60 bits per heavy atom. The monoisotopic (exact) mass is 274 g/mol. The smallest absolute Gasteiger partial charge is 0.251 e. The van der Waals surface area contributed by atoms with Gasteiger partial charge in [-0.3, -0.25) is 4.79 Å². The quantitative estimate of drug-likeness (QED) is 0.878. The van der Waals surface area contributed by atoms with Crippen LogP contribution in [-0.4, -0.2) is 18.5 Å². The Balaban J connectivity index is 2.06. The van der Waals surface area contributed by atoms with Gasteiger partial charge in [0.1, 0.15) is 0 Å². The molecule has 20 heavy (non-hydrogen) atoms. The molecule has 0 bridgehead atoms. The van der Waals surface area contributed by atoms with E-state index >= 15 is 0 Å². The van der Waals surface area contributed by atoms with E-state index in [0.29, 0.717) is 12.6 Å². The number of amides is 1. The molecule has 1 aliphatic rings. The minimum absolute atomic E-state index is 0.00724. The summed E-state index contributed by atoms with van der Waals surface area (Å²) in [6.07, 6.45) is 5.05. The van der Waals surface area contributed by atoms with Crippen LogP contribution in [0.2, 0.25) is 0 Å². The Bertz CT molecular complexity index is 462. The van der Waals surface area contributed by atoms with E-state index in [-0.39, 0.29) is 5.91 Å². The summed E-state index contributed by atoms with van der Waals surface area (Å²) in [5, 5.41) is 6.48. The van der Waals surface area contributed by atoms with Crippen molar-refractivity contribution in [2.45, 2.75) is 52.5 Å². The summed E-state index contributed by atoms with van der Waals surface area (Å²) < 4.78 is 0. The first-order chi connectivity index (χ1) is 9.60. The normalized spacial score (nSPS) is 22.4. The minimum Gasteiger partial charge on any atom is -0.382 e. The molecule has 1 amide bonds.